The van der Waals surface area contributed by atoms with Crippen molar-refractivity contribution in [1.82, 2.24) is 9.78 Å². The second-order valence-corrected chi connectivity index (χ2v) is 1.80. The van der Waals surface area contributed by atoms with E-state index in [4.69, 9.17) is 5.73 Å². The Labute approximate surface area is 52.3 Å². The highest BCUT2D eigenvalue weighted by atomic mass is 19.1. The van der Waals surface area contributed by atoms with Gasteiger partial charge in [-0.3, -0.25) is 4.68 Å². The molecule has 0 atom stereocenters. The molecule has 0 aliphatic carbocycles. The Kier molecular flexibility index (Phi) is 1.48. The monoisotopic (exact) mass is 129 g/mol. The molecule has 0 spiro atoms. The molecule has 0 radical (unpaired) electrons. The molecule has 1 heterocycles. The first kappa shape index (κ1) is 6.22. The van der Waals surface area contributed by atoms with E-state index in [0.717, 1.165) is 0 Å². The number of nitrogens with zero attached hydrogens (tertiary/aromatic N) is 2. The average molecular weight is 129 g/mol. The van der Waals surface area contributed by atoms with E-state index >= 15 is 0 Å². The summed E-state index contributed by atoms with van der Waals surface area (Å²) in [4.78, 5) is 0. The molecule has 0 amide bonds. The summed E-state index contributed by atoms with van der Waals surface area (Å²) < 4.78 is 13.8. The molecule has 1 aromatic heterocycles. The molecule has 0 bridgehead atoms. The minimum atomic E-state index is -0.333. The number of hydrogen-bond acceptors (Lipinski definition) is 2. The van der Waals surface area contributed by atoms with E-state index < -0.39 is 0 Å². The van der Waals surface area contributed by atoms with Crippen LogP contribution in [0.15, 0.2) is 6.20 Å². The molecular formula is C5H8FN3. The molecule has 1 rings (SSSR count). The summed E-state index contributed by atoms with van der Waals surface area (Å²) in [7, 11) is 1.66. The maximum absolute atomic E-state index is 12.4. The van der Waals surface area contributed by atoms with E-state index in [9.17, 15) is 4.39 Å². The van der Waals surface area contributed by atoms with Gasteiger partial charge < -0.3 is 5.73 Å². The van der Waals surface area contributed by atoms with Gasteiger partial charge in [-0.15, -0.1) is 0 Å². The second kappa shape index (κ2) is 2.14. The lowest BCUT2D eigenvalue weighted by atomic mass is 10.4. The molecule has 4 heteroatoms. The number of aryl methyl sites for hydroxylation is 1. The van der Waals surface area contributed by atoms with Gasteiger partial charge in [0.1, 0.15) is 5.69 Å². The van der Waals surface area contributed by atoms with E-state index in [1.807, 2.05) is 0 Å². The van der Waals surface area contributed by atoms with Gasteiger partial charge in [0.2, 0.25) is 0 Å². The van der Waals surface area contributed by atoms with Crippen molar-refractivity contribution >= 4 is 0 Å². The smallest absolute Gasteiger partial charge is 0.165 e. The first-order chi connectivity index (χ1) is 4.24. The number of halogens is 1. The Morgan fingerprint density at radius 1 is 1.89 bits per heavy atom. The van der Waals surface area contributed by atoms with Crippen LogP contribution >= 0.6 is 0 Å². The molecule has 2 N–H and O–H groups in total. The number of aromatic nitrogens is 2. The lowest BCUT2D eigenvalue weighted by Gasteiger charge is -1.84. The van der Waals surface area contributed by atoms with Crippen LogP contribution in [-0.2, 0) is 13.6 Å². The van der Waals surface area contributed by atoms with Gasteiger partial charge in [0.05, 0.1) is 6.20 Å². The zero-order valence-corrected chi connectivity index (χ0v) is 5.13. The van der Waals surface area contributed by atoms with E-state index in [2.05, 4.69) is 5.10 Å². The van der Waals surface area contributed by atoms with Crippen molar-refractivity contribution in [2.75, 3.05) is 0 Å². The summed E-state index contributed by atoms with van der Waals surface area (Å²) >= 11 is 0. The van der Waals surface area contributed by atoms with E-state index in [0.29, 0.717) is 5.69 Å². The topological polar surface area (TPSA) is 43.8 Å². The molecule has 1 aromatic rings. The van der Waals surface area contributed by atoms with Crippen LogP contribution in [0, 0.1) is 5.82 Å². The quantitative estimate of drug-likeness (QED) is 0.580. The maximum Gasteiger partial charge on any atom is 0.165 e. The number of rotatable bonds is 1. The maximum atomic E-state index is 12.4. The molecular weight excluding hydrogens is 121 g/mol. The zero-order valence-electron chi connectivity index (χ0n) is 5.13. The normalized spacial score (nSPS) is 10.1. The van der Waals surface area contributed by atoms with Gasteiger partial charge in [0.15, 0.2) is 5.82 Å². The average Bonchev–Trinajstić information content (AvgIpc) is 2.10. The highest BCUT2D eigenvalue weighted by Crippen LogP contribution is 2.00. The Morgan fingerprint density at radius 2 is 2.56 bits per heavy atom. The third-order valence-electron chi connectivity index (χ3n) is 1.05. The predicted octanol–water partition coefficient (Wildman–Crippen LogP) is 0.0179. The molecule has 0 aliphatic rings. The third-order valence-corrected chi connectivity index (χ3v) is 1.05. The second-order valence-electron chi connectivity index (χ2n) is 1.80. The third kappa shape index (κ3) is 1.08. The minimum absolute atomic E-state index is 0.159. The van der Waals surface area contributed by atoms with E-state index in [-0.39, 0.29) is 12.4 Å². The largest absolute Gasteiger partial charge is 0.325 e. The van der Waals surface area contributed by atoms with Crippen molar-refractivity contribution in [3.8, 4) is 0 Å². The Balaban J connectivity index is 3.01. The van der Waals surface area contributed by atoms with Gasteiger partial charge in [0, 0.05) is 13.6 Å². The molecule has 0 unspecified atom stereocenters. The fourth-order valence-electron chi connectivity index (χ4n) is 0.644. The van der Waals surface area contributed by atoms with Crippen LogP contribution in [0.1, 0.15) is 5.69 Å². The van der Waals surface area contributed by atoms with Crippen molar-refractivity contribution in [1.29, 1.82) is 0 Å². The summed E-state index contributed by atoms with van der Waals surface area (Å²) in [6.07, 6.45) is 1.29. The molecule has 0 aromatic carbocycles. The molecule has 50 valence electrons. The van der Waals surface area contributed by atoms with Crippen LogP contribution < -0.4 is 5.73 Å². The molecule has 0 fully saturated rings. The van der Waals surface area contributed by atoms with Crippen LogP contribution in [0.25, 0.3) is 0 Å². The Hall–Kier alpha value is -0.900. The van der Waals surface area contributed by atoms with Crippen molar-refractivity contribution in [2.24, 2.45) is 12.8 Å². The van der Waals surface area contributed by atoms with Gasteiger partial charge in [-0.1, -0.05) is 0 Å². The molecule has 0 saturated carbocycles. The van der Waals surface area contributed by atoms with Crippen molar-refractivity contribution in [3.05, 3.63) is 17.7 Å². The van der Waals surface area contributed by atoms with Crippen LogP contribution in [0.5, 0.6) is 0 Å². The van der Waals surface area contributed by atoms with E-state index in [1.165, 1.54) is 10.9 Å². The van der Waals surface area contributed by atoms with Crippen LogP contribution in [0.3, 0.4) is 0 Å². The van der Waals surface area contributed by atoms with Crippen molar-refractivity contribution in [2.45, 2.75) is 6.54 Å². The van der Waals surface area contributed by atoms with Gasteiger partial charge >= 0.3 is 0 Å². The highest BCUT2D eigenvalue weighted by Gasteiger charge is 2.02. The van der Waals surface area contributed by atoms with Crippen LogP contribution in [0.2, 0.25) is 0 Å². The fourth-order valence-corrected chi connectivity index (χ4v) is 0.644. The van der Waals surface area contributed by atoms with Crippen molar-refractivity contribution < 1.29 is 4.39 Å². The van der Waals surface area contributed by atoms with Crippen molar-refractivity contribution in [3.63, 3.8) is 0 Å². The van der Waals surface area contributed by atoms with Crippen LogP contribution in [-0.4, -0.2) is 9.78 Å². The van der Waals surface area contributed by atoms with Crippen LogP contribution in [0.4, 0.5) is 4.39 Å². The van der Waals surface area contributed by atoms with E-state index in [1.54, 1.807) is 7.05 Å². The Bertz CT molecular complexity index is 206. The lowest BCUT2D eigenvalue weighted by Crippen LogP contribution is -1.99. The first-order valence-electron chi connectivity index (χ1n) is 2.62. The van der Waals surface area contributed by atoms with Gasteiger partial charge in [-0.05, 0) is 0 Å². The zero-order chi connectivity index (χ0) is 6.85. The summed E-state index contributed by atoms with van der Waals surface area (Å²) in [5, 5.41) is 3.75. The molecule has 0 saturated heterocycles. The summed E-state index contributed by atoms with van der Waals surface area (Å²) in [5.74, 6) is -0.333. The summed E-state index contributed by atoms with van der Waals surface area (Å²) in [6.45, 7) is 0.159. The number of nitrogens with two attached hydrogens (primary N) is 1. The summed E-state index contributed by atoms with van der Waals surface area (Å²) in [6, 6.07) is 0. The SMILES string of the molecule is Cn1cc(F)c(CN)n1. The number of hydrogen-bond donors (Lipinski definition) is 1. The van der Waals surface area contributed by atoms with Gasteiger partial charge in [-0.2, -0.15) is 5.10 Å². The first-order valence-corrected chi connectivity index (χ1v) is 2.62. The summed E-state index contributed by atoms with van der Waals surface area (Å²) in [5.41, 5.74) is 5.47. The minimum Gasteiger partial charge on any atom is -0.325 e. The predicted molar refractivity (Wildman–Crippen MR) is 31.1 cm³/mol. The molecule has 0 aliphatic heterocycles. The fraction of sp³-hybridized carbons (Fsp3) is 0.400. The van der Waals surface area contributed by atoms with Gasteiger partial charge in [0.25, 0.3) is 0 Å². The van der Waals surface area contributed by atoms with Gasteiger partial charge in [-0.25, -0.2) is 4.39 Å². The Morgan fingerprint density at radius 3 is 2.78 bits per heavy atom. The molecule has 3 nitrogen and oxygen atoms in total. The molecule has 9 heavy (non-hydrogen) atoms. The highest BCUT2D eigenvalue weighted by molar-refractivity contribution is 5.01. The lowest BCUT2D eigenvalue weighted by molar-refractivity contribution is 0.610. The standard InChI is InChI=1S/C5H8FN3/c1-9-3-4(6)5(2-7)8-9/h3H,2,7H2,1H3.